The van der Waals surface area contributed by atoms with E-state index in [0.29, 0.717) is 0 Å². The summed E-state index contributed by atoms with van der Waals surface area (Å²) in [5.74, 6) is 0. The van der Waals surface area contributed by atoms with Crippen molar-refractivity contribution < 1.29 is 9.05 Å². The van der Waals surface area contributed by atoms with Crippen LogP contribution in [-0.4, -0.2) is 13.7 Å². The van der Waals surface area contributed by atoms with Gasteiger partial charge in [-0.15, -0.1) is 0 Å². The first-order chi connectivity index (χ1) is 7.91. The Morgan fingerprint density at radius 2 is 1.25 bits per heavy atom. The van der Waals surface area contributed by atoms with Crippen molar-refractivity contribution in [1.82, 2.24) is 0 Å². The molecule has 0 heterocycles. The van der Waals surface area contributed by atoms with E-state index < -0.39 is 0 Å². The molecule has 0 rings (SSSR count). The van der Waals surface area contributed by atoms with Crippen LogP contribution in [-0.2, 0) is 9.05 Å². The van der Waals surface area contributed by atoms with Crippen molar-refractivity contribution in [1.29, 1.82) is 0 Å². The van der Waals surface area contributed by atoms with E-state index in [-0.39, 0.29) is 9.03 Å². The molecule has 0 amide bonds. The Balaban J connectivity index is 2.83. The first-order valence-electron chi connectivity index (χ1n) is 6.81. The lowest BCUT2D eigenvalue weighted by atomic mass is 10.1. The predicted octanol–water partition coefficient (Wildman–Crippen LogP) is 5.08. The summed E-state index contributed by atoms with van der Waals surface area (Å²) in [6.07, 6.45) is 13.8. The molecule has 0 spiro atoms. The summed E-state index contributed by atoms with van der Waals surface area (Å²) in [5.41, 5.74) is 0. The molecule has 0 aromatic rings. The molecule has 1 unspecified atom stereocenters. The van der Waals surface area contributed by atoms with Gasteiger partial charge in [0.2, 0.25) is 0 Å². The van der Waals surface area contributed by atoms with Gasteiger partial charge in [0.25, 0.3) is 0 Å². The molecule has 0 aliphatic carbocycles. The van der Waals surface area contributed by atoms with Crippen molar-refractivity contribution in [2.24, 2.45) is 0 Å². The topological polar surface area (TPSA) is 18.5 Å². The molecule has 98 valence electrons. The van der Waals surface area contributed by atoms with Crippen molar-refractivity contribution >= 4 is 9.03 Å². The Morgan fingerprint density at radius 1 is 0.750 bits per heavy atom. The number of unbranched alkanes of at least 4 members (excludes halogenated alkanes) is 9. The Hall–Kier alpha value is 0.350. The van der Waals surface area contributed by atoms with Gasteiger partial charge in [-0.1, -0.05) is 64.7 Å². The second kappa shape index (κ2) is 15.4. The lowest BCUT2D eigenvalue weighted by Crippen LogP contribution is -1.87. The molecule has 1 atom stereocenters. The summed E-state index contributed by atoms with van der Waals surface area (Å²) in [6, 6.07) is 0. The average Bonchev–Trinajstić information content (AvgIpc) is 2.31. The van der Waals surface area contributed by atoms with Crippen LogP contribution in [0.15, 0.2) is 0 Å². The standard InChI is InChI=1S/C13H29O2P/c1-3-4-5-6-7-8-9-10-11-12-13-15-16-14-2/h16H,3-13H2,1-2H3. The van der Waals surface area contributed by atoms with E-state index in [9.17, 15) is 0 Å². The molecule has 0 radical (unpaired) electrons. The minimum Gasteiger partial charge on any atom is -0.340 e. The highest BCUT2D eigenvalue weighted by atomic mass is 31.1. The normalized spacial score (nSPS) is 11.6. The molecule has 0 saturated heterocycles. The molecule has 0 aliphatic rings. The second-order valence-corrected chi connectivity index (χ2v) is 5.18. The Kier molecular flexibility index (Phi) is 15.7. The van der Waals surface area contributed by atoms with E-state index >= 15 is 0 Å². The zero-order valence-electron chi connectivity index (χ0n) is 11.1. The van der Waals surface area contributed by atoms with Crippen molar-refractivity contribution in [3.8, 4) is 0 Å². The van der Waals surface area contributed by atoms with Crippen molar-refractivity contribution in [3.63, 3.8) is 0 Å². The first-order valence-corrected chi connectivity index (χ1v) is 7.63. The van der Waals surface area contributed by atoms with Gasteiger partial charge in [0.05, 0.1) is 6.61 Å². The summed E-state index contributed by atoms with van der Waals surface area (Å²) in [6.45, 7) is 3.13. The third-order valence-electron chi connectivity index (χ3n) is 2.74. The van der Waals surface area contributed by atoms with E-state index in [1.54, 1.807) is 7.11 Å². The average molecular weight is 248 g/mol. The third kappa shape index (κ3) is 14.4. The number of hydrogen-bond acceptors (Lipinski definition) is 2. The van der Waals surface area contributed by atoms with Gasteiger partial charge in [0, 0.05) is 7.11 Å². The van der Waals surface area contributed by atoms with E-state index in [4.69, 9.17) is 9.05 Å². The fraction of sp³-hybridized carbons (Fsp3) is 1.00. The number of hydrogen-bond donors (Lipinski definition) is 0. The molecule has 0 aromatic carbocycles. The van der Waals surface area contributed by atoms with Gasteiger partial charge in [0.15, 0.2) is 9.03 Å². The second-order valence-electron chi connectivity index (χ2n) is 4.32. The maximum absolute atomic E-state index is 5.26. The molecule has 0 aromatic heterocycles. The van der Waals surface area contributed by atoms with Gasteiger partial charge in [0.1, 0.15) is 0 Å². The molecule has 0 N–H and O–H groups in total. The van der Waals surface area contributed by atoms with Crippen LogP contribution >= 0.6 is 9.03 Å². The van der Waals surface area contributed by atoms with Crippen molar-refractivity contribution in [3.05, 3.63) is 0 Å². The Labute approximate surface area is 103 Å². The van der Waals surface area contributed by atoms with Crippen LogP contribution in [0.1, 0.15) is 71.1 Å². The fourth-order valence-electron chi connectivity index (χ4n) is 1.76. The molecule has 3 heteroatoms. The lowest BCUT2D eigenvalue weighted by Gasteiger charge is -2.03. The highest BCUT2D eigenvalue weighted by Gasteiger charge is 1.92. The minimum atomic E-state index is 0.227. The summed E-state index contributed by atoms with van der Waals surface area (Å²) in [7, 11) is 1.90. The van der Waals surface area contributed by atoms with Gasteiger partial charge >= 0.3 is 0 Å². The summed E-state index contributed by atoms with van der Waals surface area (Å²) < 4.78 is 10.1. The van der Waals surface area contributed by atoms with Crippen LogP contribution < -0.4 is 0 Å². The van der Waals surface area contributed by atoms with Crippen LogP contribution in [0.25, 0.3) is 0 Å². The van der Waals surface area contributed by atoms with Crippen molar-refractivity contribution in [2.45, 2.75) is 71.1 Å². The molecule has 0 saturated carbocycles. The molecular weight excluding hydrogens is 219 g/mol. The van der Waals surface area contributed by atoms with Crippen LogP contribution in [0.5, 0.6) is 0 Å². The van der Waals surface area contributed by atoms with E-state index in [1.807, 2.05) is 0 Å². The quantitative estimate of drug-likeness (QED) is 0.334. The Morgan fingerprint density at radius 3 is 1.75 bits per heavy atom. The van der Waals surface area contributed by atoms with Crippen LogP contribution in [0.3, 0.4) is 0 Å². The summed E-state index contributed by atoms with van der Waals surface area (Å²) >= 11 is 0. The predicted molar refractivity (Wildman–Crippen MR) is 73.1 cm³/mol. The molecule has 0 aliphatic heterocycles. The maximum Gasteiger partial charge on any atom is 0.154 e. The maximum atomic E-state index is 5.26. The van der Waals surface area contributed by atoms with Gasteiger partial charge in [-0.3, -0.25) is 0 Å². The van der Waals surface area contributed by atoms with Gasteiger partial charge in [-0.25, -0.2) is 0 Å². The summed E-state index contributed by atoms with van der Waals surface area (Å²) in [4.78, 5) is 0. The van der Waals surface area contributed by atoms with Crippen molar-refractivity contribution in [2.75, 3.05) is 13.7 Å². The fourth-order valence-corrected chi connectivity index (χ4v) is 2.11. The van der Waals surface area contributed by atoms with E-state index in [1.165, 1.54) is 64.2 Å². The molecular formula is C13H29O2P. The third-order valence-corrected chi connectivity index (χ3v) is 3.23. The van der Waals surface area contributed by atoms with E-state index in [0.717, 1.165) is 6.61 Å². The highest BCUT2D eigenvalue weighted by molar-refractivity contribution is 7.26. The number of rotatable bonds is 13. The molecule has 16 heavy (non-hydrogen) atoms. The zero-order chi connectivity index (χ0) is 11.9. The van der Waals surface area contributed by atoms with E-state index in [2.05, 4.69) is 6.92 Å². The molecule has 0 bridgehead atoms. The van der Waals surface area contributed by atoms with Gasteiger partial charge in [-0.2, -0.15) is 0 Å². The monoisotopic (exact) mass is 248 g/mol. The molecule has 2 nitrogen and oxygen atoms in total. The largest absolute Gasteiger partial charge is 0.340 e. The highest BCUT2D eigenvalue weighted by Crippen LogP contribution is 2.13. The summed E-state index contributed by atoms with van der Waals surface area (Å²) in [5, 5.41) is 0. The zero-order valence-corrected chi connectivity index (χ0v) is 12.1. The minimum absolute atomic E-state index is 0.227. The van der Waals surface area contributed by atoms with Gasteiger partial charge in [-0.05, 0) is 6.42 Å². The molecule has 0 fully saturated rings. The van der Waals surface area contributed by atoms with Crippen LogP contribution in [0, 0.1) is 0 Å². The smallest absolute Gasteiger partial charge is 0.154 e. The van der Waals surface area contributed by atoms with Crippen LogP contribution in [0.4, 0.5) is 0 Å². The van der Waals surface area contributed by atoms with Crippen LogP contribution in [0.2, 0.25) is 0 Å². The van der Waals surface area contributed by atoms with Gasteiger partial charge < -0.3 is 9.05 Å². The Bertz CT molecular complexity index is 107. The first kappa shape index (κ1) is 16.4. The lowest BCUT2D eigenvalue weighted by molar-refractivity contribution is 0.292. The SMILES string of the molecule is CCCCCCCCCCCCOPOC.